The standard InChI is InChI=1S/C21H15N5/c22-21-25-20-18(11-13-24-19(20)16-9-3-4-12-23-16)26(21)17-10-5-7-14-6-1-2-8-15(14)17/h1-13H,(H2,22,25). The lowest BCUT2D eigenvalue weighted by Gasteiger charge is -2.10. The number of rotatable bonds is 2. The summed E-state index contributed by atoms with van der Waals surface area (Å²) in [6.07, 6.45) is 3.52. The molecule has 2 N–H and O–H groups in total. The normalized spacial score (nSPS) is 11.2. The van der Waals surface area contributed by atoms with E-state index >= 15 is 0 Å². The molecule has 2 aromatic carbocycles. The highest BCUT2D eigenvalue weighted by atomic mass is 15.2. The Morgan fingerprint density at radius 2 is 1.62 bits per heavy atom. The van der Waals surface area contributed by atoms with Crippen molar-refractivity contribution < 1.29 is 0 Å². The fourth-order valence-corrected chi connectivity index (χ4v) is 3.37. The van der Waals surface area contributed by atoms with Gasteiger partial charge in [-0.25, -0.2) is 4.98 Å². The van der Waals surface area contributed by atoms with Crippen LogP contribution in [0.1, 0.15) is 0 Å². The summed E-state index contributed by atoms with van der Waals surface area (Å²) in [6, 6.07) is 22.1. The van der Waals surface area contributed by atoms with E-state index in [9.17, 15) is 0 Å². The second-order valence-corrected chi connectivity index (χ2v) is 6.05. The van der Waals surface area contributed by atoms with Crippen molar-refractivity contribution in [3.63, 3.8) is 0 Å². The second-order valence-electron chi connectivity index (χ2n) is 6.05. The fraction of sp³-hybridized carbons (Fsp3) is 0. The Morgan fingerprint density at radius 1 is 0.769 bits per heavy atom. The number of aromatic nitrogens is 4. The molecule has 0 aliphatic heterocycles. The molecule has 5 heteroatoms. The van der Waals surface area contributed by atoms with Gasteiger partial charge < -0.3 is 5.73 Å². The minimum atomic E-state index is 0.432. The minimum absolute atomic E-state index is 0.432. The maximum Gasteiger partial charge on any atom is 0.206 e. The number of hydrogen-bond donors (Lipinski definition) is 1. The first-order chi connectivity index (χ1) is 12.8. The summed E-state index contributed by atoms with van der Waals surface area (Å²) in [4.78, 5) is 13.5. The van der Waals surface area contributed by atoms with Gasteiger partial charge in [-0.3, -0.25) is 14.5 Å². The van der Waals surface area contributed by atoms with E-state index in [1.165, 1.54) is 0 Å². The van der Waals surface area contributed by atoms with Crippen molar-refractivity contribution in [3.05, 3.63) is 79.1 Å². The predicted octanol–water partition coefficient (Wildman–Crippen LogP) is 4.22. The van der Waals surface area contributed by atoms with Gasteiger partial charge in [0.1, 0.15) is 11.2 Å². The highest BCUT2D eigenvalue weighted by molar-refractivity contribution is 5.96. The Morgan fingerprint density at radius 3 is 2.50 bits per heavy atom. The first-order valence-corrected chi connectivity index (χ1v) is 8.35. The largest absolute Gasteiger partial charge is 0.369 e. The van der Waals surface area contributed by atoms with Crippen molar-refractivity contribution in [1.82, 2.24) is 19.5 Å². The second kappa shape index (κ2) is 5.67. The van der Waals surface area contributed by atoms with Gasteiger partial charge in [0.25, 0.3) is 0 Å². The van der Waals surface area contributed by atoms with Crippen LogP contribution >= 0.6 is 0 Å². The molecule has 0 fully saturated rings. The number of nitrogens with two attached hydrogens (primary N) is 1. The zero-order valence-electron chi connectivity index (χ0n) is 13.9. The van der Waals surface area contributed by atoms with Crippen LogP contribution in [0.3, 0.4) is 0 Å². The van der Waals surface area contributed by atoms with Crippen LogP contribution in [0.4, 0.5) is 5.95 Å². The van der Waals surface area contributed by atoms with Crippen LogP contribution in [-0.4, -0.2) is 19.5 Å². The number of hydrogen-bond acceptors (Lipinski definition) is 4. The minimum Gasteiger partial charge on any atom is -0.369 e. The molecule has 26 heavy (non-hydrogen) atoms. The molecule has 3 aromatic heterocycles. The van der Waals surface area contributed by atoms with Crippen molar-refractivity contribution in [2.24, 2.45) is 0 Å². The third-order valence-electron chi connectivity index (χ3n) is 4.51. The molecule has 0 atom stereocenters. The molecule has 0 saturated heterocycles. The van der Waals surface area contributed by atoms with E-state index in [1.807, 2.05) is 47.0 Å². The Balaban J connectivity index is 1.84. The van der Waals surface area contributed by atoms with Crippen molar-refractivity contribution >= 4 is 27.8 Å². The molecular formula is C21H15N5. The number of anilines is 1. The molecule has 0 saturated carbocycles. The lowest BCUT2D eigenvalue weighted by atomic mass is 10.1. The summed E-state index contributed by atoms with van der Waals surface area (Å²) in [7, 11) is 0. The van der Waals surface area contributed by atoms with Crippen LogP contribution in [0.5, 0.6) is 0 Å². The Kier molecular flexibility index (Phi) is 3.18. The summed E-state index contributed by atoms with van der Waals surface area (Å²) >= 11 is 0. The number of fused-ring (bicyclic) bond motifs is 2. The van der Waals surface area contributed by atoms with Crippen LogP contribution in [0.25, 0.3) is 38.9 Å². The lowest BCUT2D eigenvalue weighted by molar-refractivity contribution is 1.12. The highest BCUT2D eigenvalue weighted by Gasteiger charge is 2.16. The Bertz CT molecular complexity index is 1240. The predicted molar refractivity (Wildman–Crippen MR) is 104 cm³/mol. The molecule has 0 bridgehead atoms. The van der Waals surface area contributed by atoms with Crippen LogP contribution in [0, 0.1) is 0 Å². The number of nitrogens with zero attached hydrogens (tertiary/aromatic N) is 4. The third-order valence-corrected chi connectivity index (χ3v) is 4.51. The topological polar surface area (TPSA) is 69.6 Å². The quantitative estimate of drug-likeness (QED) is 0.524. The monoisotopic (exact) mass is 337 g/mol. The average Bonchev–Trinajstić information content (AvgIpc) is 3.04. The van der Waals surface area contributed by atoms with E-state index < -0.39 is 0 Å². The molecule has 0 aliphatic carbocycles. The SMILES string of the molecule is Nc1nc2c(-c3ccccn3)nccc2n1-c1cccc2ccccc12. The van der Waals surface area contributed by atoms with Crippen LogP contribution in [0.15, 0.2) is 79.1 Å². The maximum atomic E-state index is 6.33. The van der Waals surface area contributed by atoms with Gasteiger partial charge in [-0.05, 0) is 29.7 Å². The zero-order chi connectivity index (χ0) is 17.5. The molecule has 0 amide bonds. The van der Waals surface area contributed by atoms with Crippen molar-refractivity contribution in [3.8, 4) is 17.1 Å². The molecule has 3 heterocycles. The van der Waals surface area contributed by atoms with Gasteiger partial charge in [0.15, 0.2) is 0 Å². The van der Waals surface area contributed by atoms with E-state index in [4.69, 9.17) is 5.73 Å². The summed E-state index contributed by atoms with van der Waals surface area (Å²) < 4.78 is 1.98. The van der Waals surface area contributed by atoms with E-state index in [2.05, 4.69) is 39.2 Å². The number of imidazole rings is 1. The number of nitrogen functional groups attached to an aromatic ring is 1. The molecule has 5 aromatic rings. The van der Waals surface area contributed by atoms with Crippen molar-refractivity contribution in [2.45, 2.75) is 0 Å². The molecular weight excluding hydrogens is 322 g/mol. The number of pyridine rings is 2. The molecule has 0 unspecified atom stereocenters. The molecule has 5 nitrogen and oxygen atoms in total. The first-order valence-electron chi connectivity index (χ1n) is 8.35. The van der Waals surface area contributed by atoms with Crippen LogP contribution < -0.4 is 5.73 Å². The average molecular weight is 337 g/mol. The van der Waals surface area contributed by atoms with Gasteiger partial charge in [-0.1, -0.05) is 42.5 Å². The van der Waals surface area contributed by atoms with E-state index in [1.54, 1.807) is 12.4 Å². The van der Waals surface area contributed by atoms with Gasteiger partial charge in [-0.15, -0.1) is 0 Å². The Labute approximate surface area is 149 Å². The smallest absolute Gasteiger partial charge is 0.206 e. The lowest BCUT2D eigenvalue weighted by Crippen LogP contribution is -2.01. The maximum absolute atomic E-state index is 6.33. The summed E-state index contributed by atoms with van der Waals surface area (Å²) in [5.74, 6) is 0.432. The van der Waals surface area contributed by atoms with Gasteiger partial charge in [0, 0.05) is 17.8 Å². The summed E-state index contributed by atoms with van der Waals surface area (Å²) in [5.41, 5.74) is 10.5. The zero-order valence-corrected chi connectivity index (χ0v) is 13.9. The number of benzene rings is 2. The first kappa shape index (κ1) is 14.6. The van der Waals surface area contributed by atoms with Gasteiger partial charge in [0.2, 0.25) is 5.95 Å². The van der Waals surface area contributed by atoms with E-state index in [0.717, 1.165) is 38.9 Å². The van der Waals surface area contributed by atoms with Gasteiger partial charge in [0.05, 0.1) is 16.9 Å². The van der Waals surface area contributed by atoms with E-state index in [-0.39, 0.29) is 0 Å². The molecule has 5 rings (SSSR count). The molecule has 0 spiro atoms. The van der Waals surface area contributed by atoms with E-state index in [0.29, 0.717) is 5.95 Å². The van der Waals surface area contributed by atoms with Gasteiger partial charge >= 0.3 is 0 Å². The van der Waals surface area contributed by atoms with Gasteiger partial charge in [-0.2, -0.15) is 0 Å². The Hall–Kier alpha value is -3.73. The van der Waals surface area contributed by atoms with Crippen LogP contribution in [0.2, 0.25) is 0 Å². The molecule has 124 valence electrons. The highest BCUT2D eigenvalue weighted by Crippen LogP contribution is 2.31. The van der Waals surface area contributed by atoms with Crippen LogP contribution in [-0.2, 0) is 0 Å². The van der Waals surface area contributed by atoms with Crippen molar-refractivity contribution in [1.29, 1.82) is 0 Å². The van der Waals surface area contributed by atoms with Crippen molar-refractivity contribution in [2.75, 3.05) is 5.73 Å². The fourth-order valence-electron chi connectivity index (χ4n) is 3.37. The molecule has 0 aliphatic rings. The summed E-state index contributed by atoms with van der Waals surface area (Å²) in [5, 5.41) is 2.28. The summed E-state index contributed by atoms with van der Waals surface area (Å²) in [6.45, 7) is 0. The molecule has 0 radical (unpaired) electrons. The third kappa shape index (κ3) is 2.14.